The Bertz CT molecular complexity index is 794. The first-order chi connectivity index (χ1) is 12.0. The highest BCUT2D eigenvalue weighted by Gasteiger charge is 2.23. The SMILES string of the molecule is Cc1ccc(C(=O)N2CCN(c3ccc(O)c(C(=O)O)c3)CC2)cc1. The predicted molar refractivity (Wildman–Crippen MR) is 94.4 cm³/mol. The molecule has 25 heavy (non-hydrogen) atoms. The second-order valence-corrected chi connectivity index (χ2v) is 6.15. The molecule has 0 atom stereocenters. The predicted octanol–water partition coefficient (Wildman–Crippen LogP) is 2.36. The van der Waals surface area contributed by atoms with E-state index < -0.39 is 5.97 Å². The molecule has 3 rings (SSSR count). The lowest BCUT2D eigenvalue weighted by atomic mass is 10.1. The minimum absolute atomic E-state index is 0.0107. The number of hydrogen-bond acceptors (Lipinski definition) is 4. The summed E-state index contributed by atoms with van der Waals surface area (Å²) in [7, 11) is 0. The van der Waals surface area contributed by atoms with Crippen LogP contribution in [-0.4, -0.2) is 53.2 Å². The molecule has 2 N–H and O–H groups in total. The van der Waals surface area contributed by atoms with Gasteiger partial charge in [0, 0.05) is 37.4 Å². The summed E-state index contributed by atoms with van der Waals surface area (Å²) in [5, 5.41) is 18.7. The number of aromatic hydroxyl groups is 1. The molecule has 0 aliphatic carbocycles. The van der Waals surface area contributed by atoms with Gasteiger partial charge in [-0.15, -0.1) is 0 Å². The van der Waals surface area contributed by atoms with Crippen LogP contribution in [0.15, 0.2) is 42.5 Å². The number of carboxylic acid groups (broad SMARTS) is 1. The van der Waals surface area contributed by atoms with Crippen LogP contribution in [0.5, 0.6) is 5.75 Å². The van der Waals surface area contributed by atoms with Crippen LogP contribution in [0.3, 0.4) is 0 Å². The van der Waals surface area contributed by atoms with Crippen molar-refractivity contribution in [2.45, 2.75) is 6.92 Å². The van der Waals surface area contributed by atoms with Gasteiger partial charge in [-0.3, -0.25) is 4.79 Å². The van der Waals surface area contributed by atoms with E-state index in [2.05, 4.69) is 0 Å². The number of carboxylic acids is 1. The average molecular weight is 340 g/mol. The van der Waals surface area contributed by atoms with E-state index in [0.29, 0.717) is 31.7 Å². The van der Waals surface area contributed by atoms with Crippen LogP contribution in [0.1, 0.15) is 26.3 Å². The second kappa shape index (κ2) is 6.84. The first-order valence-corrected chi connectivity index (χ1v) is 8.13. The van der Waals surface area contributed by atoms with E-state index in [4.69, 9.17) is 5.11 Å². The van der Waals surface area contributed by atoms with Gasteiger partial charge in [-0.2, -0.15) is 0 Å². The summed E-state index contributed by atoms with van der Waals surface area (Å²) < 4.78 is 0. The number of benzene rings is 2. The van der Waals surface area contributed by atoms with Crippen molar-refractivity contribution < 1.29 is 19.8 Å². The molecule has 0 unspecified atom stereocenters. The Morgan fingerprint density at radius 2 is 1.60 bits per heavy atom. The lowest BCUT2D eigenvalue weighted by Gasteiger charge is -2.36. The van der Waals surface area contributed by atoms with E-state index in [1.807, 2.05) is 36.1 Å². The fourth-order valence-corrected chi connectivity index (χ4v) is 2.94. The van der Waals surface area contributed by atoms with Crippen LogP contribution in [-0.2, 0) is 0 Å². The molecule has 0 saturated carbocycles. The molecule has 1 saturated heterocycles. The maximum absolute atomic E-state index is 12.5. The van der Waals surface area contributed by atoms with Crippen molar-refractivity contribution in [1.29, 1.82) is 0 Å². The van der Waals surface area contributed by atoms with Gasteiger partial charge in [-0.1, -0.05) is 17.7 Å². The van der Waals surface area contributed by atoms with Gasteiger partial charge in [-0.05, 0) is 37.3 Å². The quantitative estimate of drug-likeness (QED) is 0.896. The summed E-state index contributed by atoms with van der Waals surface area (Å²) in [6.07, 6.45) is 0. The van der Waals surface area contributed by atoms with Gasteiger partial charge < -0.3 is 20.0 Å². The van der Waals surface area contributed by atoms with Gasteiger partial charge in [0.05, 0.1) is 0 Å². The molecule has 1 amide bonds. The number of aromatic carboxylic acids is 1. The van der Waals surface area contributed by atoms with Crippen LogP contribution in [0.25, 0.3) is 0 Å². The topological polar surface area (TPSA) is 81.1 Å². The molecule has 1 fully saturated rings. The summed E-state index contributed by atoms with van der Waals surface area (Å²) in [5.74, 6) is -1.39. The van der Waals surface area contributed by atoms with Crippen LogP contribution >= 0.6 is 0 Å². The van der Waals surface area contributed by atoms with E-state index in [0.717, 1.165) is 11.3 Å². The number of amides is 1. The van der Waals surface area contributed by atoms with E-state index >= 15 is 0 Å². The van der Waals surface area contributed by atoms with Crippen molar-refractivity contribution in [2.24, 2.45) is 0 Å². The van der Waals surface area contributed by atoms with Crippen molar-refractivity contribution in [3.05, 3.63) is 59.2 Å². The zero-order chi connectivity index (χ0) is 18.0. The van der Waals surface area contributed by atoms with Crippen LogP contribution in [0, 0.1) is 6.92 Å². The number of rotatable bonds is 3. The van der Waals surface area contributed by atoms with Crippen LogP contribution in [0.2, 0.25) is 0 Å². The Morgan fingerprint density at radius 1 is 0.960 bits per heavy atom. The van der Waals surface area contributed by atoms with E-state index in [-0.39, 0.29) is 17.2 Å². The number of carbonyl (C=O) groups excluding carboxylic acids is 1. The molecule has 2 aromatic rings. The largest absolute Gasteiger partial charge is 0.507 e. The summed E-state index contributed by atoms with van der Waals surface area (Å²) in [5.41, 5.74) is 2.41. The fraction of sp³-hybridized carbons (Fsp3) is 0.263. The number of anilines is 1. The Hall–Kier alpha value is -3.02. The summed E-state index contributed by atoms with van der Waals surface area (Å²) in [6.45, 7) is 4.34. The van der Waals surface area contributed by atoms with Crippen molar-refractivity contribution >= 4 is 17.6 Å². The molecule has 0 aromatic heterocycles. The number of aryl methyl sites for hydroxylation is 1. The molecule has 1 heterocycles. The number of carbonyl (C=O) groups is 2. The second-order valence-electron chi connectivity index (χ2n) is 6.15. The number of piperazine rings is 1. The molecule has 2 aromatic carbocycles. The van der Waals surface area contributed by atoms with Gasteiger partial charge in [0.2, 0.25) is 0 Å². The van der Waals surface area contributed by atoms with Crippen LogP contribution < -0.4 is 4.90 Å². The maximum atomic E-state index is 12.5. The van der Waals surface area contributed by atoms with Crippen molar-refractivity contribution in [3.63, 3.8) is 0 Å². The maximum Gasteiger partial charge on any atom is 0.339 e. The van der Waals surface area contributed by atoms with Crippen molar-refractivity contribution in [1.82, 2.24) is 4.90 Å². The number of nitrogens with zero attached hydrogens (tertiary/aromatic N) is 2. The number of hydrogen-bond donors (Lipinski definition) is 2. The van der Waals surface area contributed by atoms with E-state index in [1.54, 1.807) is 11.0 Å². The normalized spacial score (nSPS) is 14.4. The zero-order valence-electron chi connectivity index (χ0n) is 14.0. The van der Waals surface area contributed by atoms with Gasteiger partial charge in [-0.25, -0.2) is 4.79 Å². The molecule has 1 aliphatic heterocycles. The molecule has 1 aliphatic rings. The third kappa shape index (κ3) is 3.57. The molecule has 0 spiro atoms. The first-order valence-electron chi connectivity index (χ1n) is 8.13. The lowest BCUT2D eigenvalue weighted by Crippen LogP contribution is -2.48. The third-order valence-corrected chi connectivity index (χ3v) is 4.44. The molecular weight excluding hydrogens is 320 g/mol. The lowest BCUT2D eigenvalue weighted by molar-refractivity contribution is 0.0693. The van der Waals surface area contributed by atoms with Crippen molar-refractivity contribution in [3.8, 4) is 5.75 Å². The molecule has 0 bridgehead atoms. The van der Waals surface area contributed by atoms with Gasteiger partial charge >= 0.3 is 5.97 Å². The molecule has 6 nitrogen and oxygen atoms in total. The number of phenols is 1. The highest BCUT2D eigenvalue weighted by Crippen LogP contribution is 2.25. The highest BCUT2D eigenvalue weighted by atomic mass is 16.4. The molecule has 0 radical (unpaired) electrons. The first kappa shape index (κ1) is 16.8. The smallest absolute Gasteiger partial charge is 0.339 e. The Labute approximate surface area is 145 Å². The van der Waals surface area contributed by atoms with Gasteiger partial charge in [0.25, 0.3) is 5.91 Å². The summed E-state index contributed by atoms with van der Waals surface area (Å²) in [6, 6.07) is 12.1. The Balaban J connectivity index is 1.67. The van der Waals surface area contributed by atoms with Crippen LogP contribution in [0.4, 0.5) is 5.69 Å². The average Bonchev–Trinajstić information content (AvgIpc) is 2.62. The minimum Gasteiger partial charge on any atom is -0.507 e. The van der Waals surface area contributed by atoms with E-state index in [9.17, 15) is 14.7 Å². The monoisotopic (exact) mass is 340 g/mol. The minimum atomic E-state index is -1.16. The zero-order valence-corrected chi connectivity index (χ0v) is 14.0. The molecule has 130 valence electrons. The van der Waals surface area contributed by atoms with Crippen molar-refractivity contribution in [2.75, 3.05) is 31.1 Å². The summed E-state index contributed by atoms with van der Waals surface area (Å²) >= 11 is 0. The molecule has 6 heteroatoms. The van der Waals surface area contributed by atoms with Gasteiger partial charge in [0.15, 0.2) is 0 Å². The fourth-order valence-electron chi connectivity index (χ4n) is 2.94. The highest BCUT2D eigenvalue weighted by molar-refractivity contribution is 5.94. The molecular formula is C19H20N2O4. The Morgan fingerprint density at radius 3 is 2.20 bits per heavy atom. The third-order valence-electron chi connectivity index (χ3n) is 4.44. The standard InChI is InChI=1S/C19H20N2O4/c1-13-2-4-14(5-3-13)18(23)21-10-8-20(9-11-21)15-6-7-17(22)16(12-15)19(24)25/h2-7,12,22H,8-11H2,1H3,(H,24,25). The summed E-state index contributed by atoms with van der Waals surface area (Å²) in [4.78, 5) is 27.5. The van der Waals surface area contributed by atoms with E-state index in [1.165, 1.54) is 12.1 Å². The Kier molecular flexibility index (Phi) is 4.61. The van der Waals surface area contributed by atoms with Gasteiger partial charge in [0.1, 0.15) is 11.3 Å².